The second-order valence-electron chi connectivity index (χ2n) is 5.69. The highest BCUT2D eigenvalue weighted by Crippen LogP contribution is 2.31. The van der Waals surface area contributed by atoms with Gasteiger partial charge in [0.05, 0.1) is 6.26 Å². The topological polar surface area (TPSA) is 98.2 Å². The molecule has 0 spiro atoms. The number of furan rings is 1. The highest BCUT2D eigenvalue weighted by molar-refractivity contribution is 5.90. The second-order valence-corrected chi connectivity index (χ2v) is 5.69. The van der Waals surface area contributed by atoms with Crippen LogP contribution in [-0.2, 0) is 12.7 Å². The van der Waals surface area contributed by atoms with Gasteiger partial charge in [0.25, 0.3) is 11.7 Å². The number of carbonyl (C=O) groups excluding carboxylic acids is 1. The first kappa shape index (κ1) is 17.6. The van der Waals surface area contributed by atoms with Crippen molar-refractivity contribution in [1.82, 2.24) is 29.9 Å². The second kappa shape index (κ2) is 6.76. The Morgan fingerprint density at radius 1 is 1.21 bits per heavy atom. The molecule has 1 N–H and O–H groups in total. The van der Waals surface area contributed by atoms with E-state index in [2.05, 4.69) is 25.4 Å². The lowest BCUT2D eigenvalue weighted by Gasteiger charge is -2.09. The van der Waals surface area contributed by atoms with Gasteiger partial charge in [0, 0.05) is 18.9 Å². The number of nitrogens with one attached hydrogen (secondary N) is 1. The van der Waals surface area contributed by atoms with Crippen LogP contribution in [0.3, 0.4) is 0 Å². The third kappa shape index (κ3) is 3.41. The molecule has 1 amide bonds. The first-order valence-electron chi connectivity index (χ1n) is 7.98. The van der Waals surface area contributed by atoms with Crippen LogP contribution in [0.1, 0.15) is 21.9 Å². The standard InChI is InChI=1S/C17H11F3N6O2/c18-17(19,20)13-7-11(12-4-2-6-28-12)23-16-24-14(25-26(13)16)15(27)22-9-10-3-1-5-21-8-10/h1-8H,9H2,(H,22,27). The van der Waals surface area contributed by atoms with Gasteiger partial charge in [-0.05, 0) is 29.8 Å². The number of amides is 1. The van der Waals surface area contributed by atoms with Crippen LogP contribution in [-0.4, -0.2) is 30.5 Å². The van der Waals surface area contributed by atoms with Gasteiger partial charge in [-0.2, -0.15) is 22.7 Å². The Morgan fingerprint density at radius 2 is 2.07 bits per heavy atom. The van der Waals surface area contributed by atoms with Crippen molar-refractivity contribution in [1.29, 1.82) is 0 Å². The zero-order valence-corrected chi connectivity index (χ0v) is 14.0. The molecule has 0 unspecified atom stereocenters. The molecular formula is C17H11F3N6O2. The van der Waals surface area contributed by atoms with Gasteiger partial charge in [-0.15, -0.1) is 5.10 Å². The lowest BCUT2D eigenvalue weighted by atomic mass is 10.2. The van der Waals surface area contributed by atoms with E-state index in [1.54, 1.807) is 24.5 Å². The van der Waals surface area contributed by atoms with Crippen LogP contribution in [0.2, 0.25) is 0 Å². The van der Waals surface area contributed by atoms with Gasteiger partial charge >= 0.3 is 6.18 Å². The number of pyridine rings is 1. The van der Waals surface area contributed by atoms with E-state index in [0.717, 1.165) is 6.07 Å². The van der Waals surface area contributed by atoms with Crippen molar-refractivity contribution in [2.75, 3.05) is 0 Å². The summed E-state index contributed by atoms with van der Waals surface area (Å²) in [7, 11) is 0. The third-order valence-corrected chi connectivity index (χ3v) is 3.76. The number of nitrogens with zero attached hydrogens (tertiary/aromatic N) is 5. The van der Waals surface area contributed by atoms with Crippen LogP contribution in [0.4, 0.5) is 13.2 Å². The Morgan fingerprint density at radius 3 is 2.75 bits per heavy atom. The highest BCUT2D eigenvalue weighted by atomic mass is 19.4. The van der Waals surface area contributed by atoms with Crippen LogP contribution in [0.25, 0.3) is 17.2 Å². The van der Waals surface area contributed by atoms with E-state index in [4.69, 9.17) is 4.42 Å². The molecule has 11 heteroatoms. The van der Waals surface area contributed by atoms with Crippen molar-refractivity contribution in [3.8, 4) is 11.5 Å². The maximum absolute atomic E-state index is 13.5. The summed E-state index contributed by atoms with van der Waals surface area (Å²) in [5, 5.41) is 6.21. The summed E-state index contributed by atoms with van der Waals surface area (Å²) < 4.78 is 46.0. The van der Waals surface area contributed by atoms with E-state index < -0.39 is 23.6 Å². The summed E-state index contributed by atoms with van der Waals surface area (Å²) in [6.07, 6.45) is -0.290. The number of hydrogen-bond donors (Lipinski definition) is 1. The lowest BCUT2D eigenvalue weighted by molar-refractivity contribution is -0.142. The maximum Gasteiger partial charge on any atom is 0.433 e. The number of carbonyl (C=O) groups is 1. The number of fused-ring (bicyclic) bond motifs is 1. The zero-order chi connectivity index (χ0) is 19.7. The summed E-state index contributed by atoms with van der Waals surface area (Å²) in [6.45, 7) is 0.124. The molecule has 0 saturated heterocycles. The number of hydrogen-bond acceptors (Lipinski definition) is 6. The van der Waals surface area contributed by atoms with E-state index in [-0.39, 0.29) is 23.8 Å². The number of aromatic nitrogens is 5. The summed E-state index contributed by atoms with van der Waals surface area (Å²) in [5.74, 6) is -1.40. The number of rotatable bonds is 4. The fraction of sp³-hybridized carbons (Fsp3) is 0.118. The van der Waals surface area contributed by atoms with Crippen LogP contribution in [0, 0.1) is 0 Å². The molecule has 28 heavy (non-hydrogen) atoms. The van der Waals surface area contributed by atoms with Crippen molar-refractivity contribution in [2.45, 2.75) is 12.7 Å². The zero-order valence-electron chi connectivity index (χ0n) is 14.0. The number of halogens is 3. The quantitative estimate of drug-likeness (QED) is 0.577. The average molecular weight is 388 g/mol. The third-order valence-electron chi connectivity index (χ3n) is 3.76. The Hall–Kier alpha value is -3.76. The monoisotopic (exact) mass is 388 g/mol. The van der Waals surface area contributed by atoms with Crippen LogP contribution >= 0.6 is 0 Å². The average Bonchev–Trinajstić information content (AvgIpc) is 3.34. The molecule has 0 aromatic carbocycles. The van der Waals surface area contributed by atoms with Gasteiger partial charge in [0.15, 0.2) is 11.5 Å². The first-order chi connectivity index (χ1) is 13.4. The van der Waals surface area contributed by atoms with E-state index in [1.807, 2.05) is 0 Å². The Labute approximate surface area is 155 Å². The Balaban J connectivity index is 1.70. The minimum Gasteiger partial charge on any atom is -0.463 e. The smallest absolute Gasteiger partial charge is 0.433 e. The molecule has 0 aliphatic carbocycles. The van der Waals surface area contributed by atoms with Gasteiger partial charge in [-0.25, -0.2) is 4.98 Å². The molecule has 8 nitrogen and oxygen atoms in total. The number of alkyl halides is 3. The van der Waals surface area contributed by atoms with Crippen LogP contribution in [0.15, 0.2) is 53.4 Å². The minimum absolute atomic E-state index is 0.0699. The van der Waals surface area contributed by atoms with E-state index in [0.29, 0.717) is 10.1 Å². The largest absolute Gasteiger partial charge is 0.463 e. The van der Waals surface area contributed by atoms with Crippen molar-refractivity contribution < 1.29 is 22.4 Å². The Bertz CT molecular complexity index is 1120. The molecule has 4 heterocycles. The minimum atomic E-state index is -4.74. The molecule has 0 aliphatic heterocycles. The summed E-state index contributed by atoms with van der Waals surface area (Å²) in [4.78, 5) is 24.0. The molecule has 0 saturated carbocycles. The predicted octanol–water partition coefficient (Wildman–Crippen LogP) is 2.73. The summed E-state index contributed by atoms with van der Waals surface area (Å²) in [5.41, 5.74) is -0.476. The molecule has 4 aromatic heterocycles. The lowest BCUT2D eigenvalue weighted by Crippen LogP contribution is -2.24. The fourth-order valence-electron chi connectivity index (χ4n) is 2.48. The summed E-state index contributed by atoms with van der Waals surface area (Å²) in [6, 6.07) is 7.22. The van der Waals surface area contributed by atoms with E-state index in [1.165, 1.54) is 18.4 Å². The van der Waals surface area contributed by atoms with E-state index >= 15 is 0 Å². The predicted molar refractivity (Wildman–Crippen MR) is 88.9 cm³/mol. The van der Waals surface area contributed by atoms with Crippen molar-refractivity contribution in [3.05, 3.63) is 66.1 Å². The van der Waals surface area contributed by atoms with E-state index in [9.17, 15) is 18.0 Å². The highest BCUT2D eigenvalue weighted by Gasteiger charge is 2.36. The maximum atomic E-state index is 13.5. The van der Waals surface area contributed by atoms with Crippen molar-refractivity contribution in [2.24, 2.45) is 0 Å². The molecule has 0 aliphatic rings. The van der Waals surface area contributed by atoms with Crippen LogP contribution < -0.4 is 5.32 Å². The SMILES string of the molecule is O=C(NCc1cccnc1)c1nc2nc(-c3ccco3)cc(C(F)(F)F)n2n1. The molecule has 0 fully saturated rings. The van der Waals surface area contributed by atoms with Crippen molar-refractivity contribution in [3.63, 3.8) is 0 Å². The van der Waals surface area contributed by atoms with Gasteiger partial charge in [0.1, 0.15) is 5.69 Å². The molecule has 0 radical (unpaired) electrons. The first-order valence-corrected chi connectivity index (χ1v) is 7.98. The van der Waals surface area contributed by atoms with Gasteiger partial charge in [-0.1, -0.05) is 6.07 Å². The summed E-state index contributed by atoms with van der Waals surface area (Å²) >= 11 is 0. The molecule has 4 rings (SSSR count). The molecule has 142 valence electrons. The molecular weight excluding hydrogens is 377 g/mol. The molecule has 0 bridgehead atoms. The van der Waals surface area contributed by atoms with Gasteiger partial charge in [-0.3, -0.25) is 9.78 Å². The van der Waals surface area contributed by atoms with Gasteiger partial charge < -0.3 is 9.73 Å². The van der Waals surface area contributed by atoms with Crippen LogP contribution in [0.5, 0.6) is 0 Å². The molecule has 0 atom stereocenters. The molecule has 4 aromatic rings. The normalized spacial score (nSPS) is 11.7. The fourth-order valence-corrected chi connectivity index (χ4v) is 2.48. The van der Waals surface area contributed by atoms with Gasteiger partial charge in [0.2, 0.25) is 5.82 Å². The van der Waals surface area contributed by atoms with Crippen molar-refractivity contribution >= 4 is 11.7 Å². The Kier molecular flexibility index (Phi) is 4.26.